The van der Waals surface area contributed by atoms with Gasteiger partial charge in [0, 0.05) is 29.2 Å². The van der Waals surface area contributed by atoms with E-state index in [1.54, 1.807) is 7.11 Å². The summed E-state index contributed by atoms with van der Waals surface area (Å²) in [5.74, 6) is 1.78. The fourth-order valence-electron chi connectivity index (χ4n) is 3.55. The Morgan fingerprint density at radius 1 is 0.774 bits per heavy atom. The number of nitrogens with one attached hydrogen (secondary N) is 1. The fourth-order valence-corrected chi connectivity index (χ4v) is 3.67. The van der Waals surface area contributed by atoms with E-state index in [1.807, 2.05) is 42.5 Å². The Bertz CT molecular complexity index is 1130. The summed E-state index contributed by atoms with van der Waals surface area (Å²) in [5, 5.41) is 6.67. The molecule has 0 atom stereocenters. The molecule has 5 heteroatoms. The second-order valence-corrected chi connectivity index (χ2v) is 7.53. The molecule has 31 heavy (non-hydrogen) atoms. The Kier molecular flexibility index (Phi) is 8.19. The van der Waals surface area contributed by atoms with Crippen LogP contribution in [0.25, 0.3) is 10.8 Å². The van der Waals surface area contributed by atoms with Crippen LogP contribution >= 0.6 is 24.0 Å². The lowest BCUT2D eigenvalue weighted by Crippen LogP contribution is -2.14. The van der Waals surface area contributed by atoms with E-state index in [0.717, 1.165) is 33.2 Å². The molecular formula is C26H25Cl2NO2. The molecule has 0 aliphatic carbocycles. The predicted octanol–water partition coefficient (Wildman–Crippen LogP) is 6.79. The highest BCUT2D eigenvalue weighted by Gasteiger charge is 2.10. The lowest BCUT2D eigenvalue weighted by atomic mass is 10.0. The molecule has 0 heterocycles. The molecule has 0 amide bonds. The minimum Gasteiger partial charge on any atom is -0.496 e. The first kappa shape index (κ1) is 23.0. The first-order valence-electron chi connectivity index (χ1n) is 9.95. The molecule has 160 valence electrons. The number of methoxy groups -OCH3 is 1. The molecule has 4 aromatic rings. The molecule has 0 aliphatic heterocycles. The van der Waals surface area contributed by atoms with Gasteiger partial charge in [-0.15, -0.1) is 12.4 Å². The van der Waals surface area contributed by atoms with Gasteiger partial charge < -0.3 is 14.8 Å². The number of ether oxygens (including phenoxy) is 2. The van der Waals surface area contributed by atoms with E-state index in [2.05, 4.69) is 47.8 Å². The normalized spacial score (nSPS) is 10.5. The number of para-hydroxylation sites is 1. The standard InChI is InChI=1S/C26H24ClNO2.ClH/c1-29-25-9-5-3-7-21(25)16-28-17-24-23-8-4-2-6-20(23)12-15-26(24)30-18-19-10-13-22(27)14-11-19;/h2-15,28H,16-18H2,1H3;1H. The van der Waals surface area contributed by atoms with Gasteiger partial charge in [-0.25, -0.2) is 0 Å². The molecule has 0 unspecified atom stereocenters. The minimum absolute atomic E-state index is 0. The molecule has 3 nitrogen and oxygen atoms in total. The van der Waals surface area contributed by atoms with Crippen molar-refractivity contribution >= 4 is 34.8 Å². The second-order valence-electron chi connectivity index (χ2n) is 7.09. The average Bonchev–Trinajstić information content (AvgIpc) is 2.79. The van der Waals surface area contributed by atoms with Crippen LogP contribution in [0.4, 0.5) is 0 Å². The summed E-state index contributed by atoms with van der Waals surface area (Å²) >= 11 is 5.99. The van der Waals surface area contributed by atoms with E-state index in [0.29, 0.717) is 19.7 Å². The van der Waals surface area contributed by atoms with Crippen LogP contribution in [0, 0.1) is 0 Å². The molecule has 4 rings (SSSR count). The van der Waals surface area contributed by atoms with Gasteiger partial charge in [0.05, 0.1) is 7.11 Å². The maximum absolute atomic E-state index is 6.21. The molecular weight excluding hydrogens is 429 g/mol. The maximum Gasteiger partial charge on any atom is 0.124 e. The van der Waals surface area contributed by atoms with Gasteiger partial charge in [-0.1, -0.05) is 72.3 Å². The zero-order valence-corrected chi connectivity index (χ0v) is 18.9. The van der Waals surface area contributed by atoms with Gasteiger partial charge in [-0.05, 0) is 40.6 Å². The topological polar surface area (TPSA) is 30.5 Å². The van der Waals surface area contributed by atoms with Crippen LogP contribution in [0.5, 0.6) is 11.5 Å². The van der Waals surface area contributed by atoms with E-state index < -0.39 is 0 Å². The van der Waals surface area contributed by atoms with Crippen molar-refractivity contribution < 1.29 is 9.47 Å². The second kappa shape index (κ2) is 11.1. The highest BCUT2D eigenvalue weighted by Crippen LogP contribution is 2.29. The van der Waals surface area contributed by atoms with Crippen LogP contribution in [0.3, 0.4) is 0 Å². The monoisotopic (exact) mass is 453 g/mol. The van der Waals surface area contributed by atoms with Crippen molar-refractivity contribution in [2.75, 3.05) is 7.11 Å². The number of hydrogen-bond donors (Lipinski definition) is 1. The molecule has 1 N–H and O–H groups in total. The Morgan fingerprint density at radius 2 is 1.52 bits per heavy atom. The summed E-state index contributed by atoms with van der Waals surface area (Å²) in [5.41, 5.74) is 3.36. The Balaban J connectivity index is 0.00000272. The molecule has 0 saturated heterocycles. The third kappa shape index (κ3) is 5.71. The molecule has 0 spiro atoms. The Labute approximate surface area is 194 Å². The first-order valence-corrected chi connectivity index (χ1v) is 10.3. The van der Waals surface area contributed by atoms with Crippen LogP contribution < -0.4 is 14.8 Å². The van der Waals surface area contributed by atoms with Crippen molar-refractivity contribution in [3.05, 3.63) is 107 Å². The number of fused-ring (bicyclic) bond motifs is 1. The van der Waals surface area contributed by atoms with Crippen molar-refractivity contribution in [3.63, 3.8) is 0 Å². The van der Waals surface area contributed by atoms with E-state index in [1.165, 1.54) is 10.8 Å². The van der Waals surface area contributed by atoms with Crippen molar-refractivity contribution in [1.29, 1.82) is 0 Å². The van der Waals surface area contributed by atoms with Crippen molar-refractivity contribution in [2.24, 2.45) is 0 Å². The highest BCUT2D eigenvalue weighted by molar-refractivity contribution is 6.30. The third-order valence-electron chi connectivity index (χ3n) is 5.11. The van der Waals surface area contributed by atoms with E-state index in [-0.39, 0.29) is 12.4 Å². The van der Waals surface area contributed by atoms with E-state index in [9.17, 15) is 0 Å². The summed E-state index contributed by atoms with van der Waals surface area (Å²) in [6, 6.07) is 28.4. The first-order chi connectivity index (χ1) is 14.7. The zero-order valence-electron chi connectivity index (χ0n) is 17.3. The van der Waals surface area contributed by atoms with Crippen LogP contribution in [-0.2, 0) is 19.7 Å². The lowest BCUT2D eigenvalue weighted by Gasteiger charge is -2.16. The van der Waals surface area contributed by atoms with Gasteiger partial charge in [-0.3, -0.25) is 0 Å². The molecule has 0 bridgehead atoms. The summed E-state index contributed by atoms with van der Waals surface area (Å²) < 4.78 is 11.7. The molecule has 0 aliphatic rings. The Hall–Kier alpha value is -2.72. The van der Waals surface area contributed by atoms with Crippen molar-refractivity contribution in [3.8, 4) is 11.5 Å². The Morgan fingerprint density at radius 3 is 2.32 bits per heavy atom. The van der Waals surface area contributed by atoms with Crippen LogP contribution in [-0.4, -0.2) is 7.11 Å². The summed E-state index contributed by atoms with van der Waals surface area (Å²) in [6.07, 6.45) is 0. The van der Waals surface area contributed by atoms with Gasteiger partial charge in [0.25, 0.3) is 0 Å². The zero-order chi connectivity index (χ0) is 20.8. The number of rotatable bonds is 8. The number of benzene rings is 4. The van der Waals surface area contributed by atoms with Crippen LogP contribution in [0.2, 0.25) is 5.02 Å². The van der Waals surface area contributed by atoms with Crippen molar-refractivity contribution in [1.82, 2.24) is 5.32 Å². The largest absolute Gasteiger partial charge is 0.496 e. The van der Waals surface area contributed by atoms with E-state index in [4.69, 9.17) is 21.1 Å². The van der Waals surface area contributed by atoms with Gasteiger partial charge >= 0.3 is 0 Å². The van der Waals surface area contributed by atoms with Crippen LogP contribution in [0.15, 0.2) is 84.9 Å². The predicted molar refractivity (Wildman–Crippen MR) is 131 cm³/mol. The summed E-state index contributed by atoms with van der Waals surface area (Å²) in [6.45, 7) is 1.90. The highest BCUT2D eigenvalue weighted by atomic mass is 35.5. The van der Waals surface area contributed by atoms with Gasteiger partial charge in [0.2, 0.25) is 0 Å². The van der Waals surface area contributed by atoms with E-state index >= 15 is 0 Å². The van der Waals surface area contributed by atoms with Gasteiger partial charge in [-0.2, -0.15) is 0 Å². The fraction of sp³-hybridized carbons (Fsp3) is 0.154. The van der Waals surface area contributed by atoms with Gasteiger partial charge in [0.15, 0.2) is 0 Å². The third-order valence-corrected chi connectivity index (χ3v) is 5.37. The molecule has 0 saturated carbocycles. The summed E-state index contributed by atoms with van der Waals surface area (Å²) in [4.78, 5) is 0. The number of halogens is 2. The van der Waals surface area contributed by atoms with Crippen LogP contribution in [0.1, 0.15) is 16.7 Å². The maximum atomic E-state index is 6.21. The number of hydrogen-bond acceptors (Lipinski definition) is 3. The molecule has 0 aromatic heterocycles. The van der Waals surface area contributed by atoms with Crippen molar-refractivity contribution in [2.45, 2.75) is 19.7 Å². The SMILES string of the molecule is COc1ccccc1CNCc1c(OCc2ccc(Cl)cc2)ccc2ccccc12.Cl. The molecule has 4 aromatic carbocycles. The smallest absolute Gasteiger partial charge is 0.124 e. The summed E-state index contributed by atoms with van der Waals surface area (Å²) in [7, 11) is 1.70. The molecule has 0 fully saturated rings. The molecule has 0 radical (unpaired) electrons. The lowest BCUT2D eigenvalue weighted by molar-refractivity contribution is 0.302. The minimum atomic E-state index is 0. The quantitative estimate of drug-likeness (QED) is 0.318. The average molecular weight is 454 g/mol. The van der Waals surface area contributed by atoms with Gasteiger partial charge in [0.1, 0.15) is 18.1 Å².